The van der Waals surface area contributed by atoms with E-state index in [0.29, 0.717) is 13.2 Å². The van der Waals surface area contributed by atoms with Gasteiger partial charge in [-0.2, -0.15) is 0 Å². The minimum absolute atomic E-state index is 0.000799. The van der Waals surface area contributed by atoms with Crippen LogP contribution in [0.15, 0.2) is 48.5 Å². The number of rotatable bonds is 5. The second-order valence-electron chi connectivity index (χ2n) is 5.31. The highest BCUT2D eigenvalue weighted by Crippen LogP contribution is 2.27. The summed E-state index contributed by atoms with van der Waals surface area (Å²) in [4.78, 5) is 14.3. The van der Waals surface area contributed by atoms with E-state index in [2.05, 4.69) is 22.3 Å². The van der Waals surface area contributed by atoms with E-state index in [4.69, 9.17) is 4.74 Å². The van der Waals surface area contributed by atoms with Crippen LogP contribution in [0.1, 0.15) is 12.5 Å². The van der Waals surface area contributed by atoms with Gasteiger partial charge in [-0.3, -0.25) is 4.79 Å². The Balaban J connectivity index is 1.59. The Kier molecular flexibility index (Phi) is 4.28. The molecule has 2 aromatic rings. The maximum atomic E-state index is 12.2. The lowest BCUT2D eigenvalue weighted by molar-refractivity contribution is -0.115. The molecular weight excluding hydrogens is 276 g/mol. The fraction of sp³-hybridized carbons (Fsp3) is 0.278. The lowest BCUT2D eigenvalue weighted by Crippen LogP contribution is -2.31. The Labute approximate surface area is 130 Å². The molecule has 0 saturated carbocycles. The molecule has 4 nitrogen and oxygen atoms in total. The van der Waals surface area contributed by atoms with Crippen molar-refractivity contribution in [2.75, 3.05) is 29.9 Å². The first-order valence-corrected chi connectivity index (χ1v) is 7.62. The van der Waals surface area contributed by atoms with Crippen LogP contribution in [-0.4, -0.2) is 25.6 Å². The first-order chi connectivity index (χ1) is 10.8. The maximum absolute atomic E-state index is 12.2. The molecule has 114 valence electrons. The number of hydrogen-bond donors (Lipinski definition) is 1. The molecule has 4 heteroatoms. The second kappa shape index (κ2) is 6.52. The van der Waals surface area contributed by atoms with Crippen LogP contribution in [-0.2, 0) is 11.2 Å². The van der Waals surface area contributed by atoms with Crippen molar-refractivity contribution in [2.24, 2.45) is 0 Å². The monoisotopic (exact) mass is 296 g/mol. The van der Waals surface area contributed by atoms with Gasteiger partial charge in [-0.05, 0) is 49.2 Å². The molecule has 0 spiro atoms. The van der Waals surface area contributed by atoms with Crippen molar-refractivity contribution in [3.63, 3.8) is 0 Å². The molecule has 0 atom stereocenters. The molecule has 0 radical (unpaired) electrons. The number of nitrogens with zero attached hydrogens (tertiary/aromatic N) is 1. The summed E-state index contributed by atoms with van der Waals surface area (Å²) >= 11 is 0. The van der Waals surface area contributed by atoms with Gasteiger partial charge in [0.2, 0.25) is 5.91 Å². The van der Waals surface area contributed by atoms with Crippen LogP contribution in [0.4, 0.5) is 11.4 Å². The highest BCUT2D eigenvalue weighted by Gasteiger charge is 2.20. The van der Waals surface area contributed by atoms with Gasteiger partial charge in [0.05, 0.1) is 13.2 Å². The zero-order valence-electron chi connectivity index (χ0n) is 12.7. The molecular formula is C18H20N2O2. The van der Waals surface area contributed by atoms with Crippen LogP contribution in [0.3, 0.4) is 0 Å². The molecule has 0 aromatic heterocycles. The number of para-hydroxylation sites is 1. The maximum Gasteiger partial charge on any atom is 0.243 e. The third-order valence-electron chi connectivity index (χ3n) is 3.77. The topological polar surface area (TPSA) is 41.6 Å². The van der Waals surface area contributed by atoms with Crippen molar-refractivity contribution >= 4 is 17.3 Å². The van der Waals surface area contributed by atoms with Crippen LogP contribution in [0.25, 0.3) is 0 Å². The average Bonchev–Trinajstić information content (AvgIpc) is 2.93. The lowest BCUT2D eigenvalue weighted by Gasteiger charge is -2.18. The molecule has 1 aliphatic heterocycles. The normalized spacial score (nSPS) is 12.9. The molecule has 1 amide bonds. The first-order valence-electron chi connectivity index (χ1n) is 7.62. The van der Waals surface area contributed by atoms with Crippen molar-refractivity contribution < 1.29 is 9.53 Å². The highest BCUT2D eigenvalue weighted by atomic mass is 16.5. The van der Waals surface area contributed by atoms with Gasteiger partial charge in [-0.25, -0.2) is 0 Å². The summed E-state index contributed by atoms with van der Waals surface area (Å²) in [5.74, 6) is 0.815. The van der Waals surface area contributed by atoms with Crippen molar-refractivity contribution in [1.82, 2.24) is 0 Å². The Morgan fingerprint density at radius 1 is 1.18 bits per heavy atom. The van der Waals surface area contributed by atoms with E-state index in [1.807, 2.05) is 43.3 Å². The summed E-state index contributed by atoms with van der Waals surface area (Å²) in [5.41, 5.74) is 3.28. The third kappa shape index (κ3) is 3.22. The van der Waals surface area contributed by atoms with Crippen LogP contribution < -0.4 is 15.0 Å². The second-order valence-corrected chi connectivity index (χ2v) is 5.31. The zero-order valence-corrected chi connectivity index (χ0v) is 12.7. The summed E-state index contributed by atoms with van der Waals surface area (Å²) in [7, 11) is 0. The summed E-state index contributed by atoms with van der Waals surface area (Å²) in [6.07, 6.45) is 1.01. The van der Waals surface area contributed by atoms with Gasteiger partial charge in [0, 0.05) is 17.9 Å². The van der Waals surface area contributed by atoms with E-state index >= 15 is 0 Å². The van der Waals surface area contributed by atoms with E-state index in [1.54, 1.807) is 0 Å². The number of nitrogens with one attached hydrogen (secondary N) is 1. The molecule has 1 N–H and O–H groups in total. The van der Waals surface area contributed by atoms with Gasteiger partial charge >= 0.3 is 0 Å². The minimum Gasteiger partial charge on any atom is -0.494 e. The average molecular weight is 296 g/mol. The number of carbonyl (C=O) groups excluding carboxylic acids is 1. The van der Waals surface area contributed by atoms with E-state index in [0.717, 1.165) is 24.4 Å². The lowest BCUT2D eigenvalue weighted by atomic mass is 10.2. The van der Waals surface area contributed by atoms with Crippen LogP contribution in [0.2, 0.25) is 0 Å². The number of benzene rings is 2. The highest BCUT2D eigenvalue weighted by molar-refractivity contribution is 5.94. The molecule has 1 aliphatic rings. The number of ether oxygens (including phenoxy) is 1. The standard InChI is InChI=1S/C18H20N2O2/c1-2-22-16-9-7-15(8-10-16)19-18(21)13-20-12-11-14-5-3-4-6-17(14)20/h3-10H,2,11-13H2,1H3,(H,19,21). The molecule has 0 saturated heterocycles. The number of carbonyl (C=O) groups is 1. The first kappa shape index (κ1) is 14.4. The van der Waals surface area contributed by atoms with Crippen LogP contribution >= 0.6 is 0 Å². The van der Waals surface area contributed by atoms with Crippen LogP contribution in [0, 0.1) is 0 Å². The van der Waals surface area contributed by atoms with Gasteiger partial charge in [-0.15, -0.1) is 0 Å². The Morgan fingerprint density at radius 2 is 1.95 bits per heavy atom. The van der Waals surface area contributed by atoms with Crippen molar-refractivity contribution in [3.05, 3.63) is 54.1 Å². The molecule has 0 unspecified atom stereocenters. The van der Waals surface area contributed by atoms with E-state index in [1.165, 1.54) is 11.3 Å². The van der Waals surface area contributed by atoms with Gasteiger partial charge < -0.3 is 15.0 Å². The largest absolute Gasteiger partial charge is 0.494 e. The molecule has 1 heterocycles. The predicted octanol–water partition coefficient (Wildman–Crippen LogP) is 3.09. The molecule has 0 fully saturated rings. The number of hydrogen-bond acceptors (Lipinski definition) is 3. The summed E-state index contributed by atoms with van der Waals surface area (Å²) in [6, 6.07) is 15.7. The van der Waals surface area contributed by atoms with Crippen molar-refractivity contribution in [1.29, 1.82) is 0 Å². The molecule has 2 aromatic carbocycles. The quantitative estimate of drug-likeness (QED) is 0.922. The van der Waals surface area contributed by atoms with E-state index < -0.39 is 0 Å². The van der Waals surface area contributed by atoms with Crippen molar-refractivity contribution in [3.8, 4) is 5.75 Å². The molecule has 0 bridgehead atoms. The molecule has 22 heavy (non-hydrogen) atoms. The van der Waals surface area contributed by atoms with Gasteiger partial charge in [0.15, 0.2) is 0 Å². The van der Waals surface area contributed by atoms with Crippen LogP contribution in [0.5, 0.6) is 5.75 Å². The fourth-order valence-corrected chi connectivity index (χ4v) is 2.75. The molecule has 0 aliphatic carbocycles. The minimum atomic E-state index is 0.000799. The van der Waals surface area contributed by atoms with Gasteiger partial charge in [0.25, 0.3) is 0 Å². The Bertz CT molecular complexity index is 652. The van der Waals surface area contributed by atoms with Crippen molar-refractivity contribution in [2.45, 2.75) is 13.3 Å². The fourth-order valence-electron chi connectivity index (χ4n) is 2.75. The summed E-state index contributed by atoms with van der Waals surface area (Å²) in [5, 5.41) is 2.93. The Morgan fingerprint density at radius 3 is 2.73 bits per heavy atom. The number of anilines is 2. The number of fused-ring (bicyclic) bond motifs is 1. The Hall–Kier alpha value is -2.49. The predicted molar refractivity (Wildman–Crippen MR) is 88.6 cm³/mol. The number of amides is 1. The zero-order chi connectivity index (χ0) is 15.4. The van der Waals surface area contributed by atoms with E-state index in [9.17, 15) is 4.79 Å². The van der Waals surface area contributed by atoms with Gasteiger partial charge in [-0.1, -0.05) is 18.2 Å². The summed E-state index contributed by atoms with van der Waals surface area (Å²) < 4.78 is 5.39. The smallest absolute Gasteiger partial charge is 0.243 e. The summed E-state index contributed by atoms with van der Waals surface area (Å²) in [6.45, 7) is 3.86. The third-order valence-corrected chi connectivity index (χ3v) is 3.77. The van der Waals surface area contributed by atoms with Gasteiger partial charge in [0.1, 0.15) is 5.75 Å². The van der Waals surface area contributed by atoms with E-state index in [-0.39, 0.29) is 5.91 Å². The molecule has 3 rings (SSSR count). The SMILES string of the molecule is CCOc1ccc(NC(=O)CN2CCc3ccccc32)cc1.